The first-order valence-electron chi connectivity index (χ1n) is 8.18. The molecular weight excluding hydrogens is 346 g/mol. The highest BCUT2D eigenvalue weighted by Gasteiger charge is 2.30. The zero-order valence-electron chi connectivity index (χ0n) is 14.3. The van der Waals surface area contributed by atoms with Crippen molar-refractivity contribution in [2.45, 2.75) is 33.0 Å². The van der Waals surface area contributed by atoms with Gasteiger partial charge in [-0.2, -0.15) is 0 Å². The lowest BCUT2D eigenvalue weighted by Crippen LogP contribution is -2.14. The molecule has 0 fully saturated rings. The van der Waals surface area contributed by atoms with Crippen molar-refractivity contribution in [2.75, 3.05) is 6.61 Å². The van der Waals surface area contributed by atoms with Gasteiger partial charge in [0.25, 0.3) is 0 Å². The van der Waals surface area contributed by atoms with Crippen LogP contribution in [0.3, 0.4) is 0 Å². The van der Waals surface area contributed by atoms with E-state index in [-0.39, 0.29) is 19.0 Å². The van der Waals surface area contributed by atoms with Gasteiger partial charge in [-0.1, -0.05) is 43.7 Å². The van der Waals surface area contributed by atoms with Crippen LogP contribution in [0, 0.1) is 11.6 Å². The number of halogens is 2. The molecule has 0 amide bonds. The number of aliphatic hydroxyl groups is 1. The molecule has 0 saturated heterocycles. The smallest absolute Gasteiger partial charge is 0.341 e. The van der Waals surface area contributed by atoms with Gasteiger partial charge in [0.2, 0.25) is 0 Å². The van der Waals surface area contributed by atoms with Crippen LogP contribution in [-0.4, -0.2) is 22.8 Å². The lowest BCUT2D eigenvalue weighted by atomic mass is 10.1. The topological polar surface area (TPSA) is 76.0 Å². The largest absolute Gasteiger partial charge is 0.489 e. The van der Waals surface area contributed by atoms with Crippen molar-refractivity contribution in [3.05, 3.63) is 58.7 Å². The zero-order valence-corrected chi connectivity index (χ0v) is 14.3. The van der Waals surface area contributed by atoms with Gasteiger partial charge in [-0.05, 0) is 12.0 Å². The summed E-state index contributed by atoms with van der Waals surface area (Å²) in [4.78, 5) is 11.3. The Labute approximate surface area is 149 Å². The lowest BCUT2D eigenvalue weighted by molar-refractivity contribution is 0.0683. The van der Waals surface area contributed by atoms with Gasteiger partial charge in [0.15, 0.2) is 17.3 Å². The molecule has 2 aromatic carbocycles. The summed E-state index contributed by atoms with van der Waals surface area (Å²) < 4.78 is 39.9. The fraction of sp³-hybridized carbons (Fsp3) is 0.316. The first kappa shape index (κ1) is 19.7. The maximum absolute atomic E-state index is 14.7. The van der Waals surface area contributed by atoms with E-state index in [1.807, 2.05) is 6.92 Å². The molecule has 2 rings (SSSR count). The molecule has 5 nitrogen and oxygen atoms in total. The Balaban J connectivity index is 2.49. The Hall–Kier alpha value is -2.67. The van der Waals surface area contributed by atoms with Gasteiger partial charge < -0.3 is 19.7 Å². The molecule has 26 heavy (non-hydrogen) atoms. The van der Waals surface area contributed by atoms with Gasteiger partial charge in [-0.3, -0.25) is 0 Å². The van der Waals surface area contributed by atoms with Crippen molar-refractivity contribution in [3.8, 4) is 11.5 Å². The van der Waals surface area contributed by atoms with Crippen molar-refractivity contribution < 1.29 is 33.3 Å². The molecule has 0 aliphatic carbocycles. The van der Waals surface area contributed by atoms with E-state index in [1.54, 1.807) is 30.3 Å². The highest BCUT2D eigenvalue weighted by Crippen LogP contribution is 2.39. The van der Waals surface area contributed by atoms with E-state index in [1.165, 1.54) is 0 Å². The normalized spacial score (nSPS) is 10.6. The van der Waals surface area contributed by atoms with Crippen LogP contribution in [0.2, 0.25) is 0 Å². The average molecular weight is 366 g/mol. The van der Waals surface area contributed by atoms with Crippen LogP contribution in [0.4, 0.5) is 8.78 Å². The number of ether oxygens (including phenoxy) is 2. The van der Waals surface area contributed by atoms with Crippen LogP contribution in [0.5, 0.6) is 11.5 Å². The second-order valence-corrected chi connectivity index (χ2v) is 5.58. The van der Waals surface area contributed by atoms with E-state index >= 15 is 0 Å². The molecule has 140 valence electrons. The summed E-state index contributed by atoms with van der Waals surface area (Å²) in [5, 5.41) is 18.6. The van der Waals surface area contributed by atoms with Gasteiger partial charge in [0.05, 0.1) is 18.8 Å². The second-order valence-electron chi connectivity index (χ2n) is 5.58. The molecule has 2 aromatic rings. The summed E-state index contributed by atoms with van der Waals surface area (Å²) >= 11 is 0. The van der Waals surface area contributed by atoms with E-state index in [0.29, 0.717) is 12.0 Å². The number of hydrogen-bond donors (Lipinski definition) is 2. The monoisotopic (exact) mass is 366 g/mol. The zero-order chi connectivity index (χ0) is 19.1. The summed E-state index contributed by atoms with van der Waals surface area (Å²) in [6, 6.07) is 8.81. The van der Waals surface area contributed by atoms with Crippen LogP contribution in [0.25, 0.3) is 0 Å². The first-order chi connectivity index (χ1) is 12.5. The molecular formula is C19H20F2O5. The van der Waals surface area contributed by atoms with Crippen LogP contribution in [-0.2, 0) is 13.2 Å². The van der Waals surface area contributed by atoms with E-state index in [0.717, 1.165) is 6.42 Å². The Kier molecular flexibility index (Phi) is 6.91. The minimum absolute atomic E-state index is 0.0720. The van der Waals surface area contributed by atoms with Gasteiger partial charge in [0, 0.05) is 0 Å². The fourth-order valence-corrected chi connectivity index (χ4v) is 2.36. The van der Waals surface area contributed by atoms with Crippen LogP contribution in [0.15, 0.2) is 30.3 Å². The number of benzene rings is 2. The average Bonchev–Trinajstić information content (AvgIpc) is 2.62. The third kappa shape index (κ3) is 4.29. The van der Waals surface area contributed by atoms with E-state index in [9.17, 15) is 18.7 Å². The second kappa shape index (κ2) is 9.15. The molecule has 0 bridgehead atoms. The molecule has 0 aliphatic heterocycles. The van der Waals surface area contributed by atoms with Crippen LogP contribution >= 0.6 is 0 Å². The Morgan fingerprint density at radius 1 is 1.08 bits per heavy atom. The van der Waals surface area contributed by atoms with Gasteiger partial charge in [0.1, 0.15) is 18.0 Å². The van der Waals surface area contributed by atoms with E-state index < -0.39 is 41.1 Å². The molecule has 2 N–H and O–H groups in total. The third-order valence-electron chi connectivity index (χ3n) is 3.73. The number of carboxylic acids is 1. The predicted octanol–water partition coefficient (Wildman–Crippen LogP) is 3.91. The summed E-state index contributed by atoms with van der Waals surface area (Å²) in [6.45, 7) is 1.14. The molecule has 0 aliphatic rings. The standard InChI is InChI=1S/C19H20F2O5/c1-2-3-9-25-17-13(10-22)15(20)14(19(23)24)16(21)18(17)26-11-12-7-5-4-6-8-12/h4-8,22H,2-3,9-11H2,1H3,(H,23,24). The van der Waals surface area contributed by atoms with Crippen LogP contribution < -0.4 is 9.47 Å². The number of carboxylic acid groups (broad SMARTS) is 1. The summed E-state index contributed by atoms with van der Waals surface area (Å²) in [7, 11) is 0. The minimum atomic E-state index is -1.79. The number of hydrogen-bond acceptors (Lipinski definition) is 4. The minimum Gasteiger partial charge on any atom is -0.489 e. The lowest BCUT2D eigenvalue weighted by Gasteiger charge is -2.18. The number of aliphatic hydroxyl groups excluding tert-OH is 1. The van der Waals surface area contributed by atoms with Crippen molar-refractivity contribution in [1.29, 1.82) is 0 Å². The van der Waals surface area contributed by atoms with Gasteiger partial charge in [-0.15, -0.1) is 0 Å². The summed E-state index contributed by atoms with van der Waals surface area (Å²) in [6.07, 6.45) is 1.40. The number of rotatable bonds is 9. The summed E-state index contributed by atoms with van der Waals surface area (Å²) in [5.41, 5.74) is -0.916. The molecule has 0 aromatic heterocycles. The number of aromatic carboxylic acids is 1. The van der Waals surface area contributed by atoms with Crippen molar-refractivity contribution in [3.63, 3.8) is 0 Å². The fourth-order valence-electron chi connectivity index (χ4n) is 2.36. The molecule has 0 radical (unpaired) electrons. The highest BCUT2D eigenvalue weighted by atomic mass is 19.1. The maximum atomic E-state index is 14.7. The summed E-state index contributed by atoms with van der Waals surface area (Å²) in [5.74, 6) is -5.35. The van der Waals surface area contributed by atoms with E-state index in [2.05, 4.69) is 0 Å². The first-order valence-corrected chi connectivity index (χ1v) is 8.18. The number of carbonyl (C=O) groups is 1. The molecule has 0 saturated carbocycles. The van der Waals surface area contributed by atoms with E-state index in [4.69, 9.17) is 14.6 Å². The quantitative estimate of drug-likeness (QED) is 0.658. The third-order valence-corrected chi connectivity index (χ3v) is 3.73. The molecule has 0 unspecified atom stereocenters. The van der Waals surface area contributed by atoms with Crippen molar-refractivity contribution >= 4 is 5.97 Å². The number of unbranched alkanes of at least 4 members (excludes halogenated alkanes) is 1. The SMILES string of the molecule is CCCCOc1c(CO)c(F)c(C(=O)O)c(F)c1OCc1ccccc1. The Morgan fingerprint density at radius 2 is 1.77 bits per heavy atom. The van der Waals surface area contributed by atoms with Crippen LogP contribution in [0.1, 0.15) is 41.3 Å². The highest BCUT2D eigenvalue weighted by molar-refractivity contribution is 5.90. The molecule has 0 spiro atoms. The molecule has 0 atom stereocenters. The predicted molar refractivity (Wildman–Crippen MR) is 90.4 cm³/mol. The molecule has 0 heterocycles. The molecule has 7 heteroatoms. The van der Waals surface area contributed by atoms with Crippen molar-refractivity contribution in [2.24, 2.45) is 0 Å². The van der Waals surface area contributed by atoms with Gasteiger partial charge >= 0.3 is 5.97 Å². The Morgan fingerprint density at radius 3 is 2.35 bits per heavy atom. The van der Waals surface area contributed by atoms with Crippen molar-refractivity contribution in [1.82, 2.24) is 0 Å². The Bertz CT molecular complexity index is 763. The maximum Gasteiger partial charge on any atom is 0.341 e. The van der Waals surface area contributed by atoms with Gasteiger partial charge in [-0.25, -0.2) is 13.6 Å².